The summed E-state index contributed by atoms with van der Waals surface area (Å²) in [6, 6.07) is 18.7. The van der Waals surface area contributed by atoms with E-state index in [0.29, 0.717) is 0 Å². The molecule has 6 nitrogen and oxygen atoms in total. The normalized spacial score (nSPS) is 11.3. The van der Waals surface area contributed by atoms with Crippen LogP contribution in [0.3, 0.4) is 0 Å². The Morgan fingerprint density at radius 2 is 1.57 bits per heavy atom. The zero-order chi connectivity index (χ0) is 16.3. The van der Waals surface area contributed by atoms with Gasteiger partial charge in [-0.15, -0.1) is 0 Å². The fourth-order valence-corrected chi connectivity index (χ4v) is 1.65. The van der Waals surface area contributed by atoms with E-state index in [9.17, 15) is 4.79 Å². The van der Waals surface area contributed by atoms with Gasteiger partial charge in [0, 0.05) is 0 Å². The second-order valence-electron chi connectivity index (χ2n) is 4.43. The Morgan fingerprint density at radius 1 is 1.00 bits per heavy atom. The summed E-state index contributed by atoms with van der Waals surface area (Å²) in [5.41, 5.74) is 7.26. The lowest BCUT2D eigenvalue weighted by atomic mass is 10.3. The van der Waals surface area contributed by atoms with Crippen LogP contribution in [0.1, 0.15) is 6.92 Å². The molecular weight excluding hydrogens is 292 g/mol. The SMILES string of the molecule is CCOC(=O)C(/C=N/Nc1ccccc1)=N\Nc1ccccc1. The molecule has 0 unspecified atom stereocenters. The Labute approximate surface area is 134 Å². The highest BCUT2D eigenvalue weighted by molar-refractivity contribution is 6.59. The van der Waals surface area contributed by atoms with E-state index in [1.807, 2.05) is 60.7 Å². The van der Waals surface area contributed by atoms with Crippen molar-refractivity contribution in [3.8, 4) is 0 Å². The number of anilines is 2. The van der Waals surface area contributed by atoms with Crippen molar-refractivity contribution in [2.45, 2.75) is 6.92 Å². The first-order chi connectivity index (χ1) is 11.3. The van der Waals surface area contributed by atoms with Crippen molar-refractivity contribution in [3.63, 3.8) is 0 Å². The van der Waals surface area contributed by atoms with E-state index < -0.39 is 5.97 Å². The van der Waals surface area contributed by atoms with Crippen LogP contribution in [0.2, 0.25) is 0 Å². The zero-order valence-corrected chi connectivity index (χ0v) is 12.8. The predicted octanol–water partition coefficient (Wildman–Crippen LogP) is 3.12. The number of nitrogens with one attached hydrogen (secondary N) is 2. The Hall–Kier alpha value is -3.15. The Kier molecular flexibility index (Phi) is 6.34. The van der Waals surface area contributed by atoms with Crippen LogP contribution in [0, 0.1) is 0 Å². The molecule has 6 heteroatoms. The summed E-state index contributed by atoms with van der Waals surface area (Å²) in [6.45, 7) is 2.00. The van der Waals surface area contributed by atoms with Gasteiger partial charge in [-0.25, -0.2) is 4.79 Å². The predicted molar refractivity (Wildman–Crippen MR) is 92.7 cm³/mol. The Balaban J connectivity index is 2.06. The molecule has 0 radical (unpaired) electrons. The number of carbonyl (C=O) groups excluding carboxylic acids is 1. The molecule has 0 aliphatic heterocycles. The van der Waals surface area contributed by atoms with Gasteiger partial charge in [0.1, 0.15) is 0 Å². The number of ether oxygens (including phenoxy) is 1. The molecule has 23 heavy (non-hydrogen) atoms. The van der Waals surface area contributed by atoms with E-state index in [1.165, 1.54) is 6.21 Å². The molecular formula is C17H18N4O2. The van der Waals surface area contributed by atoms with Crippen LogP contribution in [-0.4, -0.2) is 24.5 Å². The topological polar surface area (TPSA) is 75.1 Å². The summed E-state index contributed by atoms with van der Waals surface area (Å²) in [5, 5.41) is 8.06. The summed E-state index contributed by atoms with van der Waals surface area (Å²) >= 11 is 0. The van der Waals surface area contributed by atoms with Crippen molar-refractivity contribution >= 4 is 29.3 Å². The third-order valence-corrected chi connectivity index (χ3v) is 2.72. The average molecular weight is 310 g/mol. The van der Waals surface area contributed by atoms with Gasteiger partial charge in [-0.2, -0.15) is 10.2 Å². The van der Waals surface area contributed by atoms with Crippen LogP contribution in [0.5, 0.6) is 0 Å². The van der Waals surface area contributed by atoms with Crippen LogP contribution in [0.4, 0.5) is 11.4 Å². The summed E-state index contributed by atoms with van der Waals surface area (Å²) < 4.78 is 4.97. The highest BCUT2D eigenvalue weighted by atomic mass is 16.5. The lowest BCUT2D eigenvalue weighted by molar-refractivity contribution is -0.134. The molecule has 0 atom stereocenters. The molecule has 0 saturated carbocycles. The highest BCUT2D eigenvalue weighted by Crippen LogP contribution is 2.05. The highest BCUT2D eigenvalue weighted by Gasteiger charge is 2.10. The number of hydrazone groups is 2. The van der Waals surface area contributed by atoms with Crippen molar-refractivity contribution in [1.82, 2.24) is 0 Å². The average Bonchev–Trinajstić information content (AvgIpc) is 2.60. The van der Waals surface area contributed by atoms with Gasteiger partial charge in [0.05, 0.1) is 24.2 Å². The fraction of sp³-hybridized carbons (Fsp3) is 0.118. The Morgan fingerprint density at radius 3 is 2.13 bits per heavy atom. The second-order valence-corrected chi connectivity index (χ2v) is 4.43. The summed E-state index contributed by atoms with van der Waals surface area (Å²) in [4.78, 5) is 11.9. The smallest absolute Gasteiger partial charge is 0.360 e. The first-order valence-electron chi connectivity index (χ1n) is 7.19. The van der Waals surface area contributed by atoms with Gasteiger partial charge in [0.15, 0.2) is 5.71 Å². The minimum Gasteiger partial charge on any atom is -0.461 e. The lowest BCUT2D eigenvalue weighted by Crippen LogP contribution is -2.20. The van der Waals surface area contributed by atoms with E-state index >= 15 is 0 Å². The van der Waals surface area contributed by atoms with E-state index in [0.717, 1.165) is 11.4 Å². The van der Waals surface area contributed by atoms with Crippen molar-refractivity contribution in [2.24, 2.45) is 10.2 Å². The summed E-state index contributed by atoms with van der Waals surface area (Å²) in [7, 11) is 0. The number of para-hydroxylation sites is 2. The largest absolute Gasteiger partial charge is 0.461 e. The maximum absolute atomic E-state index is 11.9. The molecule has 0 bridgehead atoms. The van der Waals surface area contributed by atoms with E-state index in [-0.39, 0.29) is 12.3 Å². The molecule has 0 aliphatic rings. The van der Waals surface area contributed by atoms with Crippen molar-refractivity contribution < 1.29 is 9.53 Å². The first-order valence-corrected chi connectivity index (χ1v) is 7.19. The molecule has 0 amide bonds. The quantitative estimate of drug-likeness (QED) is 0.468. The molecule has 0 aromatic heterocycles. The molecule has 0 heterocycles. The molecule has 2 aromatic carbocycles. The van der Waals surface area contributed by atoms with Gasteiger partial charge in [-0.3, -0.25) is 10.9 Å². The summed E-state index contributed by atoms with van der Waals surface area (Å²) in [5.74, 6) is -0.547. The van der Waals surface area contributed by atoms with Gasteiger partial charge in [-0.1, -0.05) is 36.4 Å². The summed E-state index contributed by atoms with van der Waals surface area (Å²) in [6.07, 6.45) is 1.32. The number of benzene rings is 2. The Bertz CT molecular complexity index is 670. The van der Waals surface area contributed by atoms with Gasteiger partial charge in [0.25, 0.3) is 0 Å². The van der Waals surface area contributed by atoms with Gasteiger partial charge >= 0.3 is 5.97 Å². The van der Waals surface area contributed by atoms with Crippen molar-refractivity contribution in [1.29, 1.82) is 0 Å². The van der Waals surface area contributed by atoms with Crippen LogP contribution >= 0.6 is 0 Å². The minimum atomic E-state index is -0.547. The second kappa shape index (κ2) is 8.99. The number of hydrogen-bond acceptors (Lipinski definition) is 6. The zero-order valence-electron chi connectivity index (χ0n) is 12.8. The number of carbonyl (C=O) groups is 1. The van der Waals surface area contributed by atoms with Gasteiger partial charge in [-0.05, 0) is 31.2 Å². The third-order valence-electron chi connectivity index (χ3n) is 2.72. The standard InChI is InChI=1S/C17H18N4O2/c1-2-23-17(22)16(21-20-15-11-7-4-8-12-15)13-18-19-14-9-5-3-6-10-14/h3-13,19-20H,2H2,1H3/b18-13+,21-16-. The molecule has 118 valence electrons. The lowest BCUT2D eigenvalue weighted by Gasteiger charge is -2.04. The van der Waals surface area contributed by atoms with Crippen LogP contribution in [0.25, 0.3) is 0 Å². The first kappa shape index (κ1) is 16.2. The van der Waals surface area contributed by atoms with E-state index in [4.69, 9.17) is 4.74 Å². The maximum atomic E-state index is 11.9. The fourth-order valence-electron chi connectivity index (χ4n) is 1.65. The number of hydrogen-bond donors (Lipinski definition) is 2. The molecule has 0 spiro atoms. The molecule has 2 N–H and O–H groups in total. The van der Waals surface area contributed by atoms with E-state index in [2.05, 4.69) is 21.1 Å². The monoisotopic (exact) mass is 310 g/mol. The van der Waals surface area contributed by atoms with E-state index in [1.54, 1.807) is 6.92 Å². The molecule has 0 aliphatic carbocycles. The number of esters is 1. The van der Waals surface area contributed by atoms with Crippen molar-refractivity contribution in [2.75, 3.05) is 17.5 Å². The minimum absolute atomic E-state index is 0.0686. The van der Waals surface area contributed by atoms with Crippen LogP contribution < -0.4 is 10.9 Å². The van der Waals surface area contributed by atoms with Crippen molar-refractivity contribution in [3.05, 3.63) is 60.7 Å². The van der Waals surface area contributed by atoms with Crippen LogP contribution in [0.15, 0.2) is 70.9 Å². The van der Waals surface area contributed by atoms with Crippen LogP contribution in [-0.2, 0) is 9.53 Å². The molecule has 2 rings (SSSR count). The number of nitrogens with zero attached hydrogens (tertiary/aromatic N) is 2. The number of rotatable bonds is 7. The molecule has 0 saturated heterocycles. The molecule has 0 fully saturated rings. The van der Waals surface area contributed by atoms with Gasteiger partial charge < -0.3 is 4.74 Å². The maximum Gasteiger partial charge on any atom is 0.360 e. The third kappa shape index (κ3) is 5.62. The molecule has 2 aromatic rings. The van der Waals surface area contributed by atoms with Gasteiger partial charge in [0.2, 0.25) is 0 Å².